The predicted octanol–water partition coefficient (Wildman–Crippen LogP) is 2.68. The van der Waals surface area contributed by atoms with Crippen LogP contribution >= 0.6 is 0 Å². The molecule has 2 aromatic carbocycles. The largest absolute Gasteiger partial charge is 0.372 e. The number of nitrogens with one attached hydrogen (secondary N) is 1. The minimum atomic E-state index is -3.24. The van der Waals surface area contributed by atoms with Crippen LogP contribution in [-0.2, 0) is 4.74 Å². The summed E-state index contributed by atoms with van der Waals surface area (Å²) in [7, 11) is 0. The quantitative estimate of drug-likeness (QED) is 0.616. The minimum Gasteiger partial charge on any atom is -0.372 e. The predicted molar refractivity (Wildman–Crippen MR) is 117 cm³/mol. The topological polar surface area (TPSA) is 78.7 Å². The molecule has 3 aromatic rings. The van der Waals surface area contributed by atoms with Crippen molar-refractivity contribution in [1.82, 2.24) is 19.7 Å². The number of anilines is 3. The number of ether oxygens (including phenoxy) is 1. The minimum absolute atomic E-state index is 0. The van der Waals surface area contributed by atoms with Gasteiger partial charge in [-0.25, -0.2) is 13.5 Å². The van der Waals surface area contributed by atoms with Crippen LogP contribution in [0.1, 0.15) is 18.0 Å². The number of aromatic nitrogens is 3. The third-order valence-corrected chi connectivity index (χ3v) is 4.81. The highest BCUT2D eigenvalue weighted by Gasteiger charge is 2.43. The standard InChI is InChI=1S/C22H24F2N6O2.H2/c1-15-6-18(26-21-25-14-30(27-21)20-9-16(23)8-17(24)10-20)11-19(7-15)28-2-4-29(5-3-28)22(31)12-32-13-22;/h6-11,14,31H,2-5,12-13H2,1H3,(H,26,27);1H/i2D2,3D2,4D2,5D2;. The van der Waals surface area contributed by atoms with E-state index in [1.807, 2.05) is 0 Å². The van der Waals surface area contributed by atoms with Crippen molar-refractivity contribution >= 4 is 17.3 Å². The van der Waals surface area contributed by atoms with E-state index in [4.69, 9.17) is 15.7 Å². The number of hydrogen-bond donors (Lipinski definition) is 2. The first-order valence-corrected chi connectivity index (χ1v) is 9.58. The van der Waals surface area contributed by atoms with Gasteiger partial charge in [0.25, 0.3) is 0 Å². The number of piperazine rings is 1. The van der Waals surface area contributed by atoms with Gasteiger partial charge >= 0.3 is 0 Å². The number of benzene rings is 2. The lowest BCUT2D eigenvalue weighted by Crippen LogP contribution is -2.66. The molecule has 0 spiro atoms. The average Bonchev–Trinajstić information content (AvgIpc) is 3.24. The summed E-state index contributed by atoms with van der Waals surface area (Å²) in [5.74, 6) is -1.66. The molecule has 10 heteroatoms. The monoisotopic (exact) mass is 452 g/mol. The maximum atomic E-state index is 13.6. The molecule has 2 fully saturated rings. The zero-order valence-corrected chi connectivity index (χ0v) is 16.8. The smallest absolute Gasteiger partial charge is 0.246 e. The highest BCUT2D eigenvalue weighted by atomic mass is 19.1. The van der Waals surface area contributed by atoms with Crippen molar-refractivity contribution in [2.24, 2.45) is 0 Å². The Labute approximate surface area is 196 Å². The van der Waals surface area contributed by atoms with Gasteiger partial charge in [0.2, 0.25) is 5.95 Å². The van der Waals surface area contributed by atoms with Crippen LogP contribution in [0.3, 0.4) is 0 Å². The lowest BCUT2D eigenvalue weighted by molar-refractivity contribution is -0.258. The summed E-state index contributed by atoms with van der Waals surface area (Å²) in [6, 6.07) is 6.98. The summed E-state index contributed by atoms with van der Waals surface area (Å²) in [6.45, 7) is -12.3. The normalized spacial score (nSPS) is 28.4. The second-order valence-electron chi connectivity index (χ2n) is 7.42. The molecule has 2 aliphatic rings. The molecule has 32 heavy (non-hydrogen) atoms. The van der Waals surface area contributed by atoms with Gasteiger partial charge in [0.05, 0.1) is 24.4 Å². The van der Waals surface area contributed by atoms with E-state index in [9.17, 15) is 13.9 Å². The third-order valence-electron chi connectivity index (χ3n) is 4.81. The van der Waals surface area contributed by atoms with Crippen LogP contribution in [0.5, 0.6) is 0 Å². The number of aliphatic hydroxyl groups is 1. The van der Waals surface area contributed by atoms with Gasteiger partial charge in [-0.1, -0.05) is 0 Å². The van der Waals surface area contributed by atoms with Gasteiger partial charge < -0.3 is 20.1 Å². The highest BCUT2D eigenvalue weighted by molar-refractivity contribution is 5.64. The SMILES string of the molecule is [2H]C1([2H])N(c2cc(C)cc(Nc3ncn(-c4cc(F)cc(F)c4)n3)c2)C([2H])([2H])C([2H])([2H])N(C2(O)COC2)C1([2H])[2H].[HH]. The van der Waals surface area contributed by atoms with Crippen LogP contribution in [0.4, 0.5) is 26.1 Å². The molecule has 0 saturated carbocycles. The molecule has 8 nitrogen and oxygen atoms in total. The molecular formula is C22H26F2N6O2. The molecule has 0 unspecified atom stereocenters. The molecule has 1 aromatic heterocycles. The average molecular weight is 453 g/mol. The zero-order chi connectivity index (χ0) is 29.5. The molecule has 2 N–H and O–H groups in total. The summed E-state index contributed by atoms with van der Waals surface area (Å²) < 4.78 is 102. The molecule has 0 atom stereocenters. The van der Waals surface area contributed by atoms with Gasteiger partial charge in [-0.3, -0.25) is 4.90 Å². The maximum absolute atomic E-state index is 13.6. The van der Waals surface area contributed by atoms with Crippen LogP contribution < -0.4 is 10.2 Å². The third kappa shape index (κ3) is 4.16. The molecule has 0 amide bonds. The second-order valence-corrected chi connectivity index (χ2v) is 7.42. The van der Waals surface area contributed by atoms with Crippen LogP contribution in [-0.4, -0.2) is 69.7 Å². The highest BCUT2D eigenvalue weighted by Crippen LogP contribution is 2.28. The van der Waals surface area contributed by atoms with Crippen LogP contribution in [0.15, 0.2) is 42.7 Å². The Morgan fingerprint density at radius 1 is 1.06 bits per heavy atom. The van der Waals surface area contributed by atoms with Crippen LogP contribution in [0, 0.1) is 18.6 Å². The Morgan fingerprint density at radius 3 is 2.44 bits per heavy atom. The Balaban J connectivity index is 0.00000387. The van der Waals surface area contributed by atoms with E-state index in [1.165, 1.54) is 18.5 Å². The lowest BCUT2D eigenvalue weighted by Gasteiger charge is -2.49. The summed E-state index contributed by atoms with van der Waals surface area (Å²) >= 11 is 0. The van der Waals surface area contributed by atoms with E-state index in [0.29, 0.717) is 16.5 Å². The zero-order valence-electron chi connectivity index (χ0n) is 24.8. The first kappa shape index (κ1) is 13.5. The first-order valence-electron chi connectivity index (χ1n) is 13.6. The van der Waals surface area contributed by atoms with Gasteiger partial charge in [0.15, 0.2) is 5.72 Å². The summed E-state index contributed by atoms with van der Waals surface area (Å²) in [6.07, 6.45) is 1.20. The van der Waals surface area contributed by atoms with Crippen molar-refractivity contribution < 1.29 is 31.0 Å². The molecule has 0 radical (unpaired) electrons. The summed E-state index contributed by atoms with van der Waals surface area (Å²) in [5, 5.41) is 17.7. The molecule has 170 valence electrons. The molecule has 0 bridgehead atoms. The van der Waals surface area contributed by atoms with Gasteiger partial charge in [0.1, 0.15) is 18.0 Å². The second kappa shape index (κ2) is 8.12. The van der Waals surface area contributed by atoms with E-state index in [-0.39, 0.29) is 29.3 Å². The molecular weight excluding hydrogens is 418 g/mol. The molecule has 3 heterocycles. The van der Waals surface area contributed by atoms with Gasteiger partial charge in [-0.2, -0.15) is 4.98 Å². The number of aryl methyl sites for hydroxylation is 1. The molecule has 5 rings (SSSR count). The van der Waals surface area contributed by atoms with Crippen molar-refractivity contribution in [3.63, 3.8) is 0 Å². The summed E-state index contributed by atoms with van der Waals surface area (Å²) in [5.41, 5.74) is -1.75. The fourth-order valence-electron chi connectivity index (χ4n) is 3.22. The Kier molecular flexibility index (Phi) is 3.42. The molecule has 2 saturated heterocycles. The Hall–Kier alpha value is -3.08. The van der Waals surface area contributed by atoms with E-state index in [2.05, 4.69) is 15.4 Å². The van der Waals surface area contributed by atoms with E-state index in [0.717, 1.165) is 16.8 Å². The fourth-order valence-corrected chi connectivity index (χ4v) is 3.22. The van der Waals surface area contributed by atoms with Crippen molar-refractivity contribution in [3.05, 3.63) is 59.9 Å². The van der Waals surface area contributed by atoms with Crippen molar-refractivity contribution in [3.8, 4) is 5.69 Å². The van der Waals surface area contributed by atoms with Gasteiger partial charge in [-0.05, 0) is 42.8 Å². The van der Waals surface area contributed by atoms with Crippen LogP contribution in [0.2, 0.25) is 0 Å². The fraction of sp³-hybridized carbons (Fsp3) is 0.364. The number of nitrogens with zero attached hydrogens (tertiary/aromatic N) is 5. The Morgan fingerprint density at radius 2 is 1.78 bits per heavy atom. The lowest BCUT2D eigenvalue weighted by atomic mass is 10.1. The molecule has 2 aliphatic heterocycles. The van der Waals surface area contributed by atoms with Crippen LogP contribution in [0.25, 0.3) is 5.69 Å². The van der Waals surface area contributed by atoms with Crippen molar-refractivity contribution in [1.29, 1.82) is 0 Å². The molecule has 0 aliphatic carbocycles. The number of rotatable bonds is 5. The Bertz CT molecular complexity index is 1420. The van der Waals surface area contributed by atoms with Crippen molar-refractivity contribution in [2.75, 3.05) is 49.4 Å². The summed E-state index contributed by atoms with van der Waals surface area (Å²) in [4.78, 5) is 4.59. The van der Waals surface area contributed by atoms with Crippen molar-refractivity contribution in [2.45, 2.75) is 12.6 Å². The first-order chi connectivity index (χ1) is 18.4. The maximum Gasteiger partial charge on any atom is 0.246 e. The van der Waals surface area contributed by atoms with Gasteiger partial charge in [-0.15, -0.1) is 5.10 Å². The van der Waals surface area contributed by atoms with E-state index < -0.39 is 56.6 Å². The van der Waals surface area contributed by atoms with E-state index in [1.54, 1.807) is 13.0 Å². The number of halogens is 2. The van der Waals surface area contributed by atoms with Gasteiger partial charge in [0, 0.05) is 50.3 Å². The van der Waals surface area contributed by atoms with E-state index >= 15 is 0 Å². The number of hydrogen-bond acceptors (Lipinski definition) is 7.